The normalized spacial score (nSPS) is 10.5. The van der Waals surface area contributed by atoms with E-state index in [1.807, 2.05) is 18.2 Å². The molecule has 0 bridgehead atoms. The second-order valence-electron chi connectivity index (χ2n) is 4.68. The summed E-state index contributed by atoms with van der Waals surface area (Å²) in [5.74, 6) is 0.805. The third kappa shape index (κ3) is 3.58. The first-order valence-electron chi connectivity index (χ1n) is 6.63. The Morgan fingerprint density at radius 1 is 0.952 bits per heavy atom. The molecule has 0 amide bonds. The van der Waals surface area contributed by atoms with Crippen molar-refractivity contribution in [2.75, 3.05) is 5.73 Å². The van der Waals surface area contributed by atoms with Gasteiger partial charge in [0.15, 0.2) is 0 Å². The zero-order valence-corrected chi connectivity index (χ0v) is 12.2. The Balaban J connectivity index is 1.60. The molecule has 0 fully saturated rings. The predicted octanol–water partition coefficient (Wildman–Crippen LogP) is 3.29. The lowest BCUT2D eigenvalue weighted by molar-refractivity contribution is 0.302. The first kappa shape index (κ1) is 13.6. The number of ether oxygens (including phenoxy) is 1. The van der Waals surface area contributed by atoms with Crippen LogP contribution in [0.4, 0.5) is 5.00 Å². The van der Waals surface area contributed by atoms with Crippen molar-refractivity contribution in [2.24, 2.45) is 0 Å². The SMILES string of the molecule is Nc1snnc1COc1ccc(Cc2ccccc2)cc1. The number of hydrogen-bond acceptors (Lipinski definition) is 5. The summed E-state index contributed by atoms with van der Waals surface area (Å²) in [6.45, 7) is 0.348. The van der Waals surface area contributed by atoms with Crippen LogP contribution in [0.25, 0.3) is 0 Å². The van der Waals surface area contributed by atoms with Gasteiger partial charge in [-0.25, -0.2) is 0 Å². The van der Waals surface area contributed by atoms with Crippen LogP contribution in [0.3, 0.4) is 0 Å². The van der Waals surface area contributed by atoms with Crippen molar-refractivity contribution >= 4 is 16.5 Å². The van der Waals surface area contributed by atoms with Gasteiger partial charge in [-0.1, -0.05) is 47.0 Å². The van der Waals surface area contributed by atoms with Crippen LogP contribution in [0.15, 0.2) is 54.6 Å². The fourth-order valence-corrected chi connectivity index (χ4v) is 2.43. The quantitative estimate of drug-likeness (QED) is 0.785. The number of benzene rings is 2. The largest absolute Gasteiger partial charge is 0.487 e. The summed E-state index contributed by atoms with van der Waals surface area (Å²) < 4.78 is 9.44. The number of nitrogen functional groups attached to an aromatic ring is 1. The van der Waals surface area contributed by atoms with Crippen LogP contribution >= 0.6 is 11.5 Å². The Kier molecular flexibility index (Phi) is 4.12. The van der Waals surface area contributed by atoms with Gasteiger partial charge in [-0.15, -0.1) is 5.10 Å². The summed E-state index contributed by atoms with van der Waals surface area (Å²) in [5, 5.41) is 4.53. The molecule has 106 valence electrons. The van der Waals surface area contributed by atoms with Crippen molar-refractivity contribution in [1.82, 2.24) is 9.59 Å². The Hall–Kier alpha value is -2.40. The summed E-state index contributed by atoms with van der Waals surface area (Å²) in [4.78, 5) is 0. The van der Waals surface area contributed by atoms with Crippen LogP contribution in [0.1, 0.15) is 16.8 Å². The Bertz CT molecular complexity index is 695. The minimum absolute atomic E-state index is 0.348. The standard InChI is InChI=1S/C16H15N3OS/c17-16-15(18-19-21-16)11-20-14-8-6-13(7-9-14)10-12-4-2-1-3-5-12/h1-9H,10-11,17H2. The smallest absolute Gasteiger partial charge is 0.136 e. The topological polar surface area (TPSA) is 61.0 Å². The maximum absolute atomic E-state index is 5.73. The molecule has 2 N–H and O–H groups in total. The van der Waals surface area contributed by atoms with Crippen molar-refractivity contribution in [2.45, 2.75) is 13.0 Å². The maximum Gasteiger partial charge on any atom is 0.136 e. The fraction of sp³-hybridized carbons (Fsp3) is 0.125. The number of nitrogens with zero attached hydrogens (tertiary/aromatic N) is 2. The van der Waals surface area contributed by atoms with E-state index in [9.17, 15) is 0 Å². The lowest BCUT2D eigenvalue weighted by Gasteiger charge is -2.06. The van der Waals surface area contributed by atoms with E-state index in [0.717, 1.165) is 12.2 Å². The van der Waals surface area contributed by atoms with E-state index < -0.39 is 0 Å². The molecule has 21 heavy (non-hydrogen) atoms. The highest BCUT2D eigenvalue weighted by Crippen LogP contribution is 2.18. The van der Waals surface area contributed by atoms with E-state index in [1.54, 1.807) is 0 Å². The molecule has 0 aliphatic carbocycles. The highest BCUT2D eigenvalue weighted by atomic mass is 32.1. The summed E-state index contributed by atoms with van der Waals surface area (Å²) in [5.41, 5.74) is 8.97. The average molecular weight is 297 g/mol. The summed E-state index contributed by atoms with van der Waals surface area (Å²) in [7, 11) is 0. The van der Waals surface area contributed by atoms with Crippen molar-refractivity contribution in [1.29, 1.82) is 0 Å². The molecule has 3 aromatic rings. The molecule has 0 atom stereocenters. The van der Waals surface area contributed by atoms with Crippen LogP contribution < -0.4 is 10.5 Å². The number of aromatic nitrogens is 2. The highest BCUT2D eigenvalue weighted by Gasteiger charge is 2.05. The minimum Gasteiger partial charge on any atom is -0.487 e. The molecule has 0 unspecified atom stereocenters. The molecule has 0 saturated carbocycles. The van der Waals surface area contributed by atoms with Gasteiger partial charge in [0.25, 0.3) is 0 Å². The third-order valence-corrected chi connectivity index (χ3v) is 3.73. The van der Waals surface area contributed by atoms with E-state index in [0.29, 0.717) is 17.3 Å². The number of anilines is 1. The molecule has 0 radical (unpaired) electrons. The van der Waals surface area contributed by atoms with Crippen LogP contribution in [0.5, 0.6) is 5.75 Å². The van der Waals surface area contributed by atoms with Crippen molar-refractivity contribution in [3.05, 3.63) is 71.4 Å². The predicted molar refractivity (Wildman–Crippen MR) is 84.3 cm³/mol. The molecule has 0 aliphatic rings. The van der Waals surface area contributed by atoms with Gasteiger partial charge < -0.3 is 10.5 Å². The molecule has 0 aliphatic heterocycles. The van der Waals surface area contributed by atoms with Gasteiger partial charge in [-0.05, 0) is 29.7 Å². The minimum atomic E-state index is 0.348. The molecule has 0 saturated heterocycles. The molecule has 1 heterocycles. The molecule has 4 nitrogen and oxygen atoms in total. The Morgan fingerprint density at radius 2 is 1.67 bits per heavy atom. The second kappa shape index (κ2) is 6.37. The van der Waals surface area contributed by atoms with Crippen LogP contribution in [0, 0.1) is 0 Å². The van der Waals surface area contributed by atoms with Gasteiger partial charge in [0.2, 0.25) is 0 Å². The van der Waals surface area contributed by atoms with Gasteiger partial charge in [0.1, 0.15) is 23.1 Å². The van der Waals surface area contributed by atoms with Crippen molar-refractivity contribution in [3.63, 3.8) is 0 Å². The van der Waals surface area contributed by atoms with E-state index >= 15 is 0 Å². The number of hydrogen-bond donors (Lipinski definition) is 1. The van der Waals surface area contributed by atoms with Crippen molar-refractivity contribution in [3.8, 4) is 5.75 Å². The lowest BCUT2D eigenvalue weighted by atomic mass is 10.1. The molecule has 5 heteroatoms. The average Bonchev–Trinajstić information content (AvgIpc) is 2.93. The van der Waals surface area contributed by atoms with E-state index in [1.165, 1.54) is 22.7 Å². The van der Waals surface area contributed by atoms with Crippen LogP contribution in [-0.4, -0.2) is 9.59 Å². The third-order valence-electron chi connectivity index (χ3n) is 3.14. The Labute approximate surface area is 127 Å². The summed E-state index contributed by atoms with van der Waals surface area (Å²) in [6.07, 6.45) is 0.921. The van der Waals surface area contributed by atoms with Gasteiger partial charge in [0.05, 0.1) is 0 Å². The zero-order valence-electron chi connectivity index (χ0n) is 11.4. The molecule has 1 aromatic heterocycles. The zero-order chi connectivity index (χ0) is 14.5. The van der Waals surface area contributed by atoms with Crippen LogP contribution in [-0.2, 0) is 13.0 Å². The van der Waals surface area contributed by atoms with Gasteiger partial charge in [-0.2, -0.15) is 0 Å². The molecule has 3 rings (SSSR count). The molecular formula is C16H15N3OS. The molecule has 0 spiro atoms. The monoisotopic (exact) mass is 297 g/mol. The van der Waals surface area contributed by atoms with E-state index in [4.69, 9.17) is 10.5 Å². The van der Waals surface area contributed by atoms with Crippen molar-refractivity contribution < 1.29 is 4.74 Å². The molecule has 2 aromatic carbocycles. The second-order valence-corrected chi connectivity index (χ2v) is 5.46. The van der Waals surface area contributed by atoms with Gasteiger partial charge >= 0.3 is 0 Å². The first-order chi connectivity index (χ1) is 10.3. The highest BCUT2D eigenvalue weighted by molar-refractivity contribution is 7.09. The fourth-order valence-electron chi connectivity index (χ4n) is 2.00. The number of nitrogens with two attached hydrogens (primary N) is 1. The van der Waals surface area contributed by atoms with Gasteiger partial charge in [0, 0.05) is 11.5 Å². The number of rotatable bonds is 5. The maximum atomic E-state index is 5.73. The lowest BCUT2D eigenvalue weighted by Crippen LogP contribution is -1.99. The summed E-state index contributed by atoms with van der Waals surface area (Å²) in [6, 6.07) is 18.5. The van der Waals surface area contributed by atoms with Crippen LogP contribution in [0.2, 0.25) is 0 Å². The Morgan fingerprint density at radius 3 is 2.33 bits per heavy atom. The molecular weight excluding hydrogens is 282 g/mol. The first-order valence-corrected chi connectivity index (χ1v) is 7.41. The summed E-state index contributed by atoms with van der Waals surface area (Å²) >= 11 is 1.18. The van der Waals surface area contributed by atoms with E-state index in [2.05, 4.69) is 46.0 Å². The van der Waals surface area contributed by atoms with E-state index in [-0.39, 0.29) is 0 Å². The van der Waals surface area contributed by atoms with Gasteiger partial charge in [-0.3, -0.25) is 0 Å².